The van der Waals surface area contributed by atoms with Crippen molar-refractivity contribution in [3.8, 4) is 11.6 Å². The van der Waals surface area contributed by atoms with Crippen LogP contribution in [-0.2, 0) is 11.3 Å². The predicted octanol–water partition coefficient (Wildman–Crippen LogP) is 3.61. The van der Waals surface area contributed by atoms with Crippen molar-refractivity contribution in [3.05, 3.63) is 85.0 Å². The predicted molar refractivity (Wildman–Crippen MR) is 126 cm³/mol. The summed E-state index contributed by atoms with van der Waals surface area (Å²) in [6.45, 7) is 4.44. The van der Waals surface area contributed by atoms with Crippen LogP contribution in [0.2, 0.25) is 0 Å². The third-order valence-corrected chi connectivity index (χ3v) is 6.10. The van der Waals surface area contributed by atoms with Crippen LogP contribution in [0.25, 0.3) is 11.6 Å². The third-order valence-electron chi connectivity index (χ3n) is 6.10. The summed E-state index contributed by atoms with van der Waals surface area (Å²) in [5, 5.41) is 3.10. The summed E-state index contributed by atoms with van der Waals surface area (Å²) in [7, 11) is 0. The number of hydrogen-bond donors (Lipinski definition) is 1. The topological polar surface area (TPSA) is 80.9 Å². The SMILES string of the molecule is Cc1nccn1-c1ccc(NC(=O)C2CCCN(Cc3cccn3-c3ncccn3)C2)cc1. The maximum Gasteiger partial charge on any atom is 0.233 e. The van der Waals surface area contributed by atoms with Crippen LogP contribution in [0.5, 0.6) is 0 Å². The molecule has 0 aliphatic carbocycles. The fourth-order valence-electron chi connectivity index (χ4n) is 4.40. The van der Waals surface area contributed by atoms with Gasteiger partial charge in [0.15, 0.2) is 0 Å². The Kier molecular flexibility index (Phi) is 5.99. The van der Waals surface area contributed by atoms with Crippen LogP contribution in [0.3, 0.4) is 0 Å². The van der Waals surface area contributed by atoms with Gasteiger partial charge in [-0.1, -0.05) is 0 Å². The molecule has 0 radical (unpaired) electrons. The van der Waals surface area contributed by atoms with Gasteiger partial charge in [-0.3, -0.25) is 14.3 Å². The van der Waals surface area contributed by atoms with Gasteiger partial charge in [0.1, 0.15) is 5.82 Å². The van der Waals surface area contributed by atoms with Crippen LogP contribution < -0.4 is 5.32 Å². The van der Waals surface area contributed by atoms with E-state index in [1.54, 1.807) is 18.6 Å². The molecule has 1 aromatic carbocycles. The number of aromatic nitrogens is 5. The lowest BCUT2D eigenvalue weighted by atomic mass is 9.97. The van der Waals surface area contributed by atoms with Crippen molar-refractivity contribution >= 4 is 11.6 Å². The second-order valence-corrected chi connectivity index (χ2v) is 8.37. The van der Waals surface area contributed by atoms with E-state index in [2.05, 4.69) is 31.2 Å². The van der Waals surface area contributed by atoms with Crippen LogP contribution in [0, 0.1) is 12.8 Å². The molecule has 0 spiro atoms. The molecule has 1 atom stereocenters. The molecule has 168 valence electrons. The first-order valence-corrected chi connectivity index (χ1v) is 11.2. The lowest BCUT2D eigenvalue weighted by Crippen LogP contribution is -2.40. The summed E-state index contributed by atoms with van der Waals surface area (Å²) in [4.78, 5) is 28.3. The Bertz CT molecular complexity index is 1210. The number of carbonyl (C=O) groups is 1. The minimum absolute atomic E-state index is 0.0364. The Morgan fingerprint density at radius 1 is 1.00 bits per heavy atom. The summed E-state index contributed by atoms with van der Waals surface area (Å²) >= 11 is 0. The molecule has 1 aliphatic heterocycles. The van der Waals surface area contributed by atoms with Gasteiger partial charge in [0.2, 0.25) is 11.9 Å². The van der Waals surface area contributed by atoms with Crippen molar-refractivity contribution in [1.29, 1.82) is 0 Å². The molecule has 1 amide bonds. The molecule has 33 heavy (non-hydrogen) atoms. The number of anilines is 1. The van der Waals surface area contributed by atoms with E-state index in [1.165, 1.54) is 0 Å². The van der Waals surface area contributed by atoms with Crippen molar-refractivity contribution in [2.24, 2.45) is 5.92 Å². The van der Waals surface area contributed by atoms with E-state index < -0.39 is 0 Å². The number of amides is 1. The van der Waals surface area contributed by atoms with Gasteiger partial charge in [-0.05, 0) is 68.8 Å². The highest BCUT2D eigenvalue weighted by molar-refractivity contribution is 5.92. The first kappa shape index (κ1) is 21.1. The molecule has 1 N–H and O–H groups in total. The zero-order valence-corrected chi connectivity index (χ0v) is 18.6. The van der Waals surface area contributed by atoms with Crippen molar-refractivity contribution in [2.45, 2.75) is 26.3 Å². The van der Waals surface area contributed by atoms with Crippen LogP contribution in [0.15, 0.2) is 73.4 Å². The zero-order chi connectivity index (χ0) is 22.6. The first-order valence-electron chi connectivity index (χ1n) is 11.2. The molecule has 5 rings (SSSR count). The average molecular weight is 442 g/mol. The van der Waals surface area contributed by atoms with Gasteiger partial charge < -0.3 is 9.88 Å². The number of nitrogens with zero attached hydrogens (tertiary/aromatic N) is 6. The second-order valence-electron chi connectivity index (χ2n) is 8.37. The maximum absolute atomic E-state index is 13.0. The minimum atomic E-state index is -0.0364. The molecule has 4 aromatic rings. The van der Waals surface area contributed by atoms with Gasteiger partial charge in [-0.2, -0.15) is 0 Å². The standard InChI is InChI=1S/C25H27N7O/c1-19-26-13-16-31(19)22-9-7-21(8-10-22)29-24(33)20-5-2-14-30(17-20)18-23-6-3-15-32(23)25-27-11-4-12-28-25/h3-4,6-13,15-16,20H,2,5,14,17-18H2,1H3,(H,29,33). The highest BCUT2D eigenvalue weighted by Gasteiger charge is 2.26. The van der Waals surface area contributed by atoms with E-state index in [0.717, 1.165) is 55.4 Å². The van der Waals surface area contributed by atoms with Gasteiger partial charge in [0.05, 0.1) is 5.92 Å². The molecular weight excluding hydrogens is 414 g/mol. The van der Waals surface area contributed by atoms with E-state index >= 15 is 0 Å². The third kappa shape index (κ3) is 4.70. The summed E-state index contributed by atoms with van der Waals surface area (Å²) < 4.78 is 4.02. The van der Waals surface area contributed by atoms with E-state index in [-0.39, 0.29) is 11.8 Å². The maximum atomic E-state index is 13.0. The molecule has 8 nitrogen and oxygen atoms in total. The second kappa shape index (κ2) is 9.38. The molecule has 1 fully saturated rings. The van der Waals surface area contributed by atoms with Crippen molar-refractivity contribution in [1.82, 2.24) is 29.0 Å². The fourth-order valence-corrected chi connectivity index (χ4v) is 4.40. The van der Waals surface area contributed by atoms with Gasteiger partial charge in [-0.25, -0.2) is 15.0 Å². The molecule has 0 bridgehead atoms. The number of hydrogen-bond acceptors (Lipinski definition) is 5. The monoisotopic (exact) mass is 441 g/mol. The molecule has 4 heterocycles. The highest BCUT2D eigenvalue weighted by Crippen LogP contribution is 2.22. The lowest BCUT2D eigenvalue weighted by molar-refractivity contribution is -0.121. The van der Waals surface area contributed by atoms with E-state index in [0.29, 0.717) is 5.95 Å². The molecule has 1 aliphatic rings. The molecule has 3 aromatic heterocycles. The Balaban J connectivity index is 1.21. The Morgan fingerprint density at radius 3 is 2.58 bits per heavy atom. The molecule has 8 heteroatoms. The molecule has 1 saturated heterocycles. The van der Waals surface area contributed by atoms with Crippen LogP contribution in [0.1, 0.15) is 24.4 Å². The molecular formula is C25H27N7O. The highest BCUT2D eigenvalue weighted by atomic mass is 16.1. The van der Waals surface area contributed by atoms with Crippen molar-refractivity contribution in [3.63, 3.8) is 0 Å². The number of nitrogens with one attached hydrogen (secondary N) is 1. The number of carbonyl (C=O) groups excluding carboxylic acids is 1. The van der Waals surface area contributed by atoms with Gasteiger partial charge in [0, 0.05) is 61.1 Å². The number of benzene rings is 1. The first-order chi connectivity index (χ1) is 16.2. The van der Waals surface area contributed by atoms with Crippen LogP contribution in [-0.4, -0.2) is 48.0 Å². The Labute approximate surface area is 192 Å². The van der Waals surface area contributed by atoms with Gasteiger partial charge >= 0.3 is 0 Å². The smallest absolute Gasteiger partial charge is 0.233 e. The normalized spacial score (nSPS) is 16.6. The summed E-state index contributed by atoms with van der Waals surface area (Å²) in [6, 6.07) is 13.8. The zero-order valence-electron chi connectivity index (χ0n) is 18.6. The quantitative estimate of drug-likeness (QED) is 0.494. The van der Waals surface area contributed by atoms with E-state index in [1.807, 2.05) is 64.8 Å². The van der Waals surface area contributed by atoms with Gasteiger partial charge in [-0.15, -0.1) is 0 Å². The number of likely N-dealkylation sites (tertiary alicyclic amines) is 1. The Morgan fingerprint density at radius 2 is 1.82 bits per heavy atom. The van der Waals surface area contributed by atoms with E-state index in [9.17, 15) is 4.79 Å². The molecule has 0 saturated carbocycles. The number of rotatable bonds is 6. The largest absolute Gasteiger partial charge is 0.326 e. The van der Waals surface area contributed by atoms with Crippen LogP contribution in [0.4, 0.5) is 5.69 Å². The average Bonchev–Trinajstić information content (AvgIpc) is 3.49. The summed E-state index contributed by atoms with van der Waals surface area (Å²) in [5.41, 5.74) is 2.96. The van der Waals surface area contributed by atoms with Crippen molar-refractivity contribution in [2.75, 3.05) is 18.4 Å². The van der Waals surface area contributed by atoms with Crippen molar-refractivity contribution < 1.29 is 4.79 Å². The fraction of sp³-hybridized carbons (Fsp3) is 0.280. The summed E-state index contributed by atoms with van der Waals surface area (Å²) in [5.74, 6) is 1.64. The number of imidazole rings is 1. The lowest BCUT2D eigenvalue weighted by Gasteiger charge is -2.32. The van der Waals surface area contributed by atoms with Crippen LogP contribution >= 0.6 is 0 Å². The number of piperidine rings is 1. The Hall–Kier alpha value is -3.78. The number of aryl methyl sites for hydroxylation is 1. The summed E-state index contributed by atoms with van der Waals surface area (Å²) in [6.07, 6.45) is 11.1. The minimum Gasteiger partial charge on any atom is -0.326 e. The molecule has 1 unspecified atom stereocenters. The van der Waals surface area contributed by atoms with E-state index in [4.69, 9.17) is 0 Å². The van der Waals surface area contributed by atoms with Gasteiger partial charge in [0.25, 0.3) is 0 Å².